The molecule has 0 aliphatic heterocycles. The highest BCUT2D eigenvalue weighted by Crippen LogP contribution is 2.23. The largest absolute Gasteiger partial charge is 0.481 e. The van der Waals surface area contributed by atoms with Crippen LogP contribution in [-0.2, 0) is 20.8 Å². The van der Waals surface area contributed by atoms with E-state index in [9.17, 15) is 14.4 Å². The van der Waals surface area contributed by atoms with Crippen molar-refractivity contribution in [3.8, 4) is 0 Å². The first kappa shape index (κ1) is 22.0. The van der Waals surface area contributed by atoms with E-state index in [1.807, 2.05) is 44.2 Å². The van der Waals surface area contributed by atoms with Gasteiger partial charge in [-0.2, -0.15) is 12.6 Å². The molecule has 0 radical (unpaired) electrons. The highest BCUT2D eigenvalue weighted by atomic mass is 32.1. The number of likely N-dealkylation sites (N-methyl/N-ethyl adjacent to an activating group) is 1. The summed E-state index contributed by atoms with van der Waals surface area (Å²) in [7, 11) is 1.52. The second kappa shape index (κ2) is 10.9. The third kappa shape index (κ3) is 7.47. The minimum atomic E-state index is -1.00. The van der Waals surface area contributed by atoms with Crippen molar-refractivity contribution in [3.63, 3.8) is 0 Å². The summed E-state index contributed by atoms with van der Waals surface area (Å²) >= 11 is 4.33. The molecule has 3 atom stereocenters. The van der Waals surface area contributed by atoms with Crippen molar-refractivity contribution in [3.05, 3.63) is 35.9 Å². The normalized spacial score (nSPS) is 14.3. The molecule has 0 aromatic heterocycles. The predicted octanol–water partition coefficient (Wildman–Crippen LogP) is 1.90. The summed E-state index contributed by atoms with van der Waals surface area (Å²) in [5, 5.41) is 13.7. The van der Waals surface area contributed by atoms with Crippen LogP contribution < -0.4 is 10.6 Å². The number of thiol groups is 1. The van der Waals surface area contributed by atoms with Crippen LogP contribution in [0.5, 0.6) is 0 Å². The van der Waals surface area contributed by atoms with E-state index in [1.165, 1.54) is 7.05 Å². The number of carbonyl (C=O) groups is 3. The molecule has 7 heteroatoms. The zero-order chi connectivity index (χ0) is 19.7. The molecule has 2 amide bonds. The van der Waals surface area contributed by atoms with Crippen molar-refractivity contribution >= 4 is 30.4 Å². The first-order valence-electron chi connectivity index (χ1n) is 8.70. The average molecular weight is 381 g/mol. The summed E-state index contributed by atoms with van der Waals surface area (Å²) in [4.78, 5) is 36.0. The molecule has 0 spiro atoms. The Balaban J connectivity index is 2.92. The van der Waals surface area contributed by atoms with E-state index >= 15 is 0 Å². The van der Waals surface area contributed by atoms with Gasteiger partial charge in [-0.3, -0.25) is 14.4 Å². The molecule has 1 rings (SSSR count). The van der Waals surface area contributed by atoms with Gasteiger partial charge in [0.2, 0.25) is 11.8 Å². The smallest absolute Gasteiger partial charge is 0.304 e. The SMILES string of the molecule is CNC(=O)C(Cc1ccccc1)NC(=O)C(CC(C)C)C(S)CC(=O)O. The molecule has 1 aromatic carbocycles. The first-order valence-corrected chi connectivity index (χ1v) is 9.22. The lowest BCUT2D eigenvalue weighted by Gasteiger charge is -2.26. The molecule has 0 heterocycles. The Morgan fingerprint density at radius 2 is 1.73 bits per heavy atom. The Hall–Kier alpha value is -2.02. The fourth-order valence-electron chi connectivity index (χ4n) is 2.78. The fourth-order valence-corrected chi connectivity index (χ4v) is 3.19. The molecule has 3 N–H and O–H groups in total. The standard InChI is InChI=1S/C19H28N2O4S/c1-12(2)9-14(16(26)11-17(22)23)18(24)21-15(19(25)20-3)10-13-7-5-4-6-8-13/h4-8,12,14-16,26H,9-11H2,1-3H3,(H,20,25)(H,21,24)(H,22,23). The van der Waals surface area contributed by atoms with E-state index in [-0.39, 0.29) is 24.2 Å². The summed E-state index contributed by atoms with van der Waals surface area (Å²) in [6, 6.07) is 8.67. The minimum absolute atomic E-state index is 0.196. The fraction of sp³-hybridized carbons (Fsp3) is 0.526. The van der Waals surface area contributed by atoms with E-state index in [2.05, 4.69) is 23.3 Å². The maximum Gasteiger partial charge on any atom is 0.304 e. The van der Waals surface area contributed by atoms with Gasteiger partial charge < -0.3 is 15.7 Å². The molecule has 0 saturated heterocycles. The van der Waals surface area contributed by atoms with E-state index < -0.39 is 23.2 Å². The molecular weight excluding hydrogens is 352 g/mol. The Labute approximate surface area is 160 Å². The lowest BCUT2D eigenvalue weighted by atomic mass is 9.91. The Bertz CT molecular complexity index is 607. The highest BCUT2D eigenvalue weighted by molar-refractivity contribution is 7.81. The Kier molecular flexibility index (Phi) is 9.19. The maximum atomic E-state index is 12.8. The summed E-state index contributed by atoms with van der Waals surface area (Å²) in [6.07, 6.45) is 0.646. The molecule has 0 saturated carbocycles. The van der Waals surface area contributed by atoms with E-state index in [0.29, 0.717) is 12.8 Å². The van der Waals surface area contributed by atoms with Crippen molar-refractivity contribution < 1.29 is 19.5 Å². The van der Waals surface area contributed by atoms with Crippen molar-refractivity contribution in [2.75, 3.05) is 7.05 Å². The van der Waals surface area contributed by atoms with Gasteiger partial charge in [0.1, 0.15) is 6.04 Å². The molecule has 0 aliphatic carbocycles. The topological polar surface area (TPSA) is 95.5 Å². The van der Waals surface area contributed by atoms with Crippen LogP contribution in [0.1, 0.15) is 32.3 Å². The monoisotopic (exact) mass is 380 g/mol. The van der Waals surface area contributed by atoms with Gasteiger partial charge in [0.25, 0.3) is 0 Å². The number of benzene rings is 1. The van der Waals surface area contributed by atoms with E-state index in [0.717, 1.165) is 5.56 Å². The predicted molar refractivity (Wildman–Crippen MR) is 104 cm³/mol. The molecule has 0 fully saturated rings. The second-order valence-electron chi connectivity index (χ2n) is 6.77. The molecular formula is C19H28N2O4S. The van der Waals surface area contributed by atoms with E-state index in [4.69, 9.17) is 5.11 Å². The van der Waals surface area contributed by atoms with Crippen molar-refractivity contribution in [2.24, 2.45) is 11.8 Å². The molecule has 0 aliphatic rings. The number of amides is 2. The van der Waals surface area contributed by atoms with Gasteiger partial charge in [-0.1, -0.05) is 44.2 Å². The summed E-state index contributed by atoms with van der Waals surface area (Å²) in [5.41, 5.74) is 0.926. The summed E-state index contributed by atoms with van der Waals surface area (Å²) in [5.74, 6) is -2.03. The number of carbonyl (C=O) groups excluding carboxylic acids is 2. The van der Waals surface area contributed by atoms with Crippen molar-refractivity contribution in [1.82, 2.24) is 10.6 Å². The Morgan fingerprint density at radius 3 is 2.23 bits per heavy atom. The van der Waals surface area contributed by atoms with Crippen LogP contribution in [0.15, 0.2) is 30.3 Å². The number of hydrogen-bond acceptors (Lipinski definition) is 4. The number of nitrogens with one attached hydrogen (secondary N) is 2. The lowest BCUT2D eigenvalue weighted by Crippen LogP contribution is -2.50. The quantitative estimate of drug-likeness (QED) is 0.466. The molecule has 26 heavy (non-hydrogen) atoms. The molecule has 144 valence electrons. The van der Waals surface area contributed by atoms with Crippen LogP contribution in [0.4, 0.5) is 0 Å². The van der Waals surface area contributed by atoms with Crippen LogP contribution in [0.3, 0.4) is 0 Å². The van der Waals surface area contributed by atoms with Crippen LogP contribution in [0, 0.1) is 11.8 Å². The van der Waals surface area contributed by atoms with Crippen LogP contribution >= 0.6 is 12.6 Å². The zero-order valence-electron chi connectivity index (χ0n) is 15.4. The third-order valence-corrected chi connectivity index (χ3v) is 4.61. The molecule has 3 unspecified atom stereocenters. The number of aliphatic carboxylic acids is 1. The van der Waals surface area contributed by atoms with Crippen molar-refractivity contribution in [2.45, 2.75) is 44.4 Å². The molecule has 0 bridgehead atoms. The van der Waals surface area contributed by atoms with Gasteiger partial charge in [-0.15, -0.1) is 0 Å². The van der Waals surface area contributed by atoms with Crippen LogP contribution in [-0.4, -0.2) is 41.2 Å². The van der Waals surface area contributed by atoms with E-state index in [1.54, 1.807) is 0 Å². The highest BCUT2D eigenvalue weighted by Gasteiger charge is 2.31. The van der Waals surface area contributed by atoms with Gasteiger partial charge in [0.05, 0.1) is 12.3 Å². The molecule has 1 aromatic rings. The van der Waals surface area contributed by atoms with Crippen LogP contribution in [0.25, 0.3) is 0 Å². The van der Waals surface area contributed by atoms with Gasteiger partial charge >= 0.3 is 5.97 Å². The van der Waals surface area contributed by atoms with Crippen molar-refractivity contribution in [1.29, 1.82) is 0 Å². The zero-order valence-corrected chi connectivity index (χ0v) is 16.3. The summed E-state index contributed by atoms with van der Waals surface area (Å²) < 4.78 is 0. The first-order chi connectivity index (χ1) is 12.2. The number of rotatable bonds is 10. The number of hydrogen-bond donors (Lipinski definition) is 4. The maximum absolute atomic E-state index is 12.8. The number of carboxylic acid groups (broad SMARTS) is 1. The third-order valence-electron chi connectivity index (χ3n) is 4.07. The molecule has 6 nitrogen and oxygen atoms in total. The van der Waals surface area contributed by atoms with Gasteiger partial charge in [0, 0.05) is 18.7 Å². The van der Waals surface area contributed by atoms with Gasteiger partial charge in [-0.05, 0) is 17.9 Å². The van der Waals surface area contributed by atoms with Gasteiger partial charge in [0.15, 0.2) is 0 Å². The van der Waals surface area contributed by atoms with Crippen LogP contribution in [0.2, 0.25) is 0 Å². The van der Waals surface area contributed by atoms with Gasteiger partial charge in [-0.25, -0.2) is 0 Å². The number of carboxylic acids is 1. The second-order valence-corrected chi connectivity index (χ2v) is 7.43. The summed E-state index contributed by atoms with van der Waals surface area (Å²) in [6.45, 7) is 3.92. The average Bonchev–Trinajstić information content (AvgIpc) is 2.58. The lowest BCUT2D eigenvalue weighted by molar-refractivity contribution is -0.137. The minimum Gasteiger partial charge on any atom is -0.481 e. The Morgan fingerprint density at radius 1 is 1.12 bits per heavy atom.